The molecule has 3 atom stereocenters. The minimum atomic E-state index is -0.996. The number of hydrogen-bond acceptors (Lipinski definition) is 5. The van der Waals surface area contributed by atoms with Crippen LogP contribution in [0, 0.1) is 0 Å². The quantitative estimate of drug-likeness (QED) is 0.104. The van der Waals surface area contributed by atoms with Gasteiger partial charge in [0, 0.05) is 42.8 Å². The second-order valence-electron chi connectivity index (χ2n) is 12.1. The zero-order valence-electron chi connectivity index (χ0n) is 27.0. The van der Waals surface area contributed by atoms with Crippen molar-refractivity contribution in [3.63, 3.8) is 0 Å². The topological polar surface area (TPSA) is 126 Å². The zero-order chi connectivity index (χ0) is 33.5. The molecule has 1 unspecified atom stereocenters. The molecule has 0 aliphatic carbocycles. The van der Waals surface area contributed by atoms with Crippen LogP contribution in [0.25, 0.3) is 21.7 Å². The summed E-state index contributed by atoms with van der Waals surface area (Å²) in [5.41, 5.74) is 7.52. The number of fused-ring (bicyclic) bond motifs is 2. The van der Waals surface area contributed by atoms with Crippen molar-refractivity contribution in [2.24, 2.45) is 0 Å². The van der Waals surface area contributed by atoms with Gasteiger partial charge in [-0.1, -0.05) is 97.9 Å². The van der Waals surface area contributed by atoms with Gasteiger partial charge in [0.05, 0.1) is 12.3 Å². The third-order valence-corrected chi connectivity index (χ3v) is 8.75. The summed E-state index contributed by atoms with van der Waals surface area (Å²) in [5.74, 6) is -2.89. The average Bonchev–Trinajstić information content (AvgIpc) is 3.43. The minimum absolute atomic E-state index is 0.0993. The van der Waals surface area contributed by atoms with Crippen LogP contribution in [-0.2, 0) is 33.8 Å². The minimum Gasteiger partial charge on any atom is -0.481 e. The predicted octanol–water partition coefficient (Wildman–Crippen LogP) is 5.99. The maximum atomic E-state index is 14.3. The molecule has 244 valence electrons. The van der Waals surface area contributed by atoms with Crippen LogP contribution < -0.4 is 5.43 Å². The van der Waals surface area contributed by atoms with Crippen LogP contribution in [0.5, 0.6) is 0 Å². The molecule has 9 heteroatoms. The number of rotatable bonds is 15. The smallest absolute Gasteiger partial charge is 0.312 e. The summed E-state index contributed by atoms with van der Waals surface area (Å²) in [5, 5.41) is 24.7. The van der Waals surface area contributed by atoms with E-state index >= 15 is 0 Å². The summed E-state index contributed by atoms with van der Waals surface area (Å²) in [6.07, 6.45) is 0.419. The number of hydrogen-bond donors (Lipinski definition) is 4. The molecule has 47 heavy (non-hydrogen) atoms. The summed E-state index contributed by atoms with van der Waals surface area (Å²) in [4.78, 5) is 43.5. The molecule has 1 aromatic heterocycles. The summed E-state index contributed by atoms with van der Waals surface area (Å²) in [7, 11) is 1.79. The van der Waals surface area contributed by atoms with Gasteiger partial charge in [0.2, 0.25) is 5.91 Å². The molecule has 0 radical (unpaired) electrons. The lowest BCUT2D eigenvalue weighted by Gasteiger charge is -2.36. The molecule has 0 bridgehead atoms. The highest BCUT2D eigenvalue weighted by Crippen LogP contribution is 2.30. The first kappa shape index (κ1) is 33.4. The fourth-order valence-corrected chi connectivity index (χ4v) is 6.30. The van der Waals surface area contributed by atoms with E-state index in [0.717, 1.165) is 38.4 Å². The number of aromatic nitrogens is 1. The number of likely N-dealkylation sites (N-methyl/N-ethyl adjacent to an activating group) is 2. The highest BCUT2D eigenvalue weighted by Gasteiger charge is 2.32. The first-order valence-electron chi connectivity index (χ1n) is 16.0. The van der Waals surface area contributed by atoms with Gasteiger partial charge in [-0.15, -0.1) is 0 Å². The van der Waals surface area contributed by atoms with Crippen molar-refractivity contribution in [2.45, 2.75) is 57.7 Å². The molecule has 0 saturated heterocycles. The Kier molecular flexibility index (Phi) is 10.7. The molecule has 9 nitrogen and oxygen atoms in total. The van der Waals surface area contributed by atoms with E-state index in [2.05, 4.69) is 28.6 Å². The number of aromatic amines is 1. The van der Waals surface area contributed by atoms with Crippen molar-refractivity contribution in [1.29, 1.82) is 0 Å². The maximum Gasteiger partial charge on any atom is 0.312 e. The molecule has 4 aromatic carbocycles. The number of carbonyl (C=O) groups excluding carboxylic acids is 1. The van der Waals surface area contributed by atoms with Crippen LogP contribution >= 0.6 is 0 Å². The fraction of sp³-hybridized carbons (Fsp3) is 0.289. The van der Waals surface area contributed by atoms with Crippen LogP contribution in [0.3, 0.4) is 0 Å². The van der Waals surface area contributed by atoms with Gasteiger partial charge in [0.25, 0.3) is 0 Å². The van der Waals surface area contributed by atoms with Crippen molar-refractivity contribution >= 4 is 39.5 Å². The van der Waals surface area contributed by atoms with Crippen molar-refractivity contribution < 1.29 is 24.6 Å². The molecule has 0 fully saturated rings. The van der Waals surface area contributed by atoms with Gasteiger partial charge in [0.1, 0.15) is 6.04 Å². The summed E-state index contributed by atoms with van der Waals surface area (Å²) in [6.45, 7) is 4.41. The SMILES string of the molecule is CCN(N[C@H](CC(=O)O)Cc1c(C(C)C(=O)O)[nH]c2ccccc12)[C@@H](Cc1ccc2ccccc2c1)C(=O)N(C)Cc1ccccc1. The third kappa shape index (κ3) is 8.06. The Hall–Kier alpha value is -4.99. The summed E-state index contributed by atoms with van der Waals surface area (Å²) in [6, 6.07) is 30.4. The van der Waals surface area contributed by atoms with Crippen molar-refractivity contribution in [3.05, 3.63) is 119 Å². The standard InChI is InChI=1S/C38H42N4O5/c1-4-42(40-30(23-35(43)44)22-32-31-16-10-11-17-33(31)39-36(32)25(2)38(46)47)34(37(45)41(3)24-26-12-6-5-7-13-26)21-27-18-19-28-14-8-9-15-29(28)20-27/h5-20,25,30,34,39-40H,4,21-24H2,1-3H3,(H,43,44)(H,46,47)/t25?,30-,34-/m0/s1. The molecule has 1 amide bonds. The molecular formula is C38H42N4O5. The van der Waals surface area contributed by atoms with E-state index in [1.807, 2.05) is 90.8 Å². The van der Waals surface area contributed by atoms with E-state index in [1.165, 1.54) is 0 Å². The molecule has 0 aliphatic heterocycles. The number of para-hydroxylation sites is 1. The first-order chi connectivity index (χ1) is 22.6. The van der Waals surface area contributed by atoms with Crippen LogP contribution in [0.1, 0.15) is 48.6 Å². The Balaban J connectivity index is 1.49. The van der Waals surface area contributed by atoms with Gasteiger partial charge in [-0.25, -0.2) is 5.01 Å². The molecule has 5 aromatic rings. The number of carboxylic acids is 2. The molecule has 1 heterocycles. The van der Waals surface area contributed by atoms with Crippen molar-refractivity contribution in [2.75, 3.05) is 13.6 Å². The van der Waals surface area contributed by atoms with E-state index in [0.29, 0.717) is 25.2 Å². The van der Waals surface area contributed by atoms with Crippen molar-refractivity contribution in [1.82, 2.24) is 20.3 Å². The predicted molar refractivity (Wildman–Crippen MR) is 184 cm³/mol. The number of nitrogens with one attached hydrogen (secondary N) is 2. The highest BCUT2D eigenvalue weighted by molar-refractivity contribution is 5.88. The largest absolute Gasteiger partial charge is 0.481 e. The van der Waals surface area contributed by atoms with E-state index in [1.54, 1.807) is 18.9 Å². The van der Waals surface area contributed by atoms with Gasteiger partial charge in [-0.3, -0.25) is 19.8 Å². The van der Waals surface area contributed by atoms with E-state index in [9.17, 15) is 24.6 Å². The third-order valence-electron chi connectivity index (χ3n) is 8.75. The second kappa shape index (κ2) is 15.1. The fourth-order valence-electron chi connectivity index (χ4n) is 6.30. The van der Waals surface area contributed by atoms with Gasteiger partial charge in [0.15, 0.2) is 0 Å². The molecule has 4 N–H and O–H groups in total. The number of nitrogens with zero attached hydrogens (tertiary/aromatic N) is 2. The second-order valence-corrected chi connectivity index (χ2v) is 12.1. The van der Waals surface area contributed by atoms with Crippen LogP contribution in [0.4, 0.5) is 0 Å². The number of amides is 1. The van der Waals surface area contributed by atoms with E-state index in [4.69, 9.17) is 0 Å². The van der Waals surface area contributed by atoms with E-state index < -0.39 is 29.9 Å². The lowest BCUT2D eigenvalue weighted by Crippen LogP contribution is -2.57. The van der Waals surface area contributed by atoms with Gasteiger partial charge >= 0.3 is 11.9 Å². The molecular weight excluding hydrogens is 592 g/mol. The number of hydrazine groups is 1. The number of carbonyl (C=O) groups is 3. The normalized spacial score (nSPS) is 13.4. The Bertz CT molecular complexity index is 1850. The lowest BCUT2D eigenvalue weighted by molar-refractivity contribution is -0.140. The number of benzene rings is 4. The molecule has 0 spiro atoms. The number of aliphatic carboxylic acids is 2. The highest BCUT2D eigenvalue weighted by atomic mass is 16.4. The zero-order valence-corrected chi connectivity index (χ0v) is 27.0. The van der Waals surface area contributed by atoms with Gasteiger partial charge < -0.3 is 20.1 Å². The Morgan fingerprint density at radius 2 is 1.51 bits per heavy atom. The molecule has 0 aliphatic rings. The molecule has 5 rings (SSSR count). The van der Waals surface area contributed by atoms with E-state index in [-0.39, 0.29) is 18.7 Å². The Morgan fingerprint density at radius 1 is 0.830 bits per heavy atom. The van der Waals surface area contributed by atoms with Gasteiger partial charge in [-0.05, 0) is 53.3 Å². The monoisotopic (exact) mass is 634 g/mol. The maximum absolute atomic E-state index is 14.3. The Labute approximate surface area is 274 Å². The lowest BCUT2D eigenvalue weighted by atomic mass is 9.95. The van der Waals surface area contributed by atoms with Gasteiger partial charge in [-0.2, -0.15) is 0 Å². The summed E-state index contributed by atoms with van der Waals surface area (Å²) < 4.78 is 0. The Morgan fingerprint density at radius 3 is 2.21 bits per heavy atom. The van der Waals surface area contributed by atoms with Crippen LogP contribution in [0.15, 0.2) is 97.1 Å². The molecule has 0 saturated carbocycles. The summed E-state index contributed by atoms with van der Waals surface area (Å²) >= 11 is 0. The first-order valence-corrected chi connectivity index (χ1v) is 16.0. The van der Waals surface area contributed by atoms with Crippen molar-refractivity contribution in [3.8, 4) is 0 Å². The average molecular weight is 635 g/mol. The van der Waals surface area contributed by atoms with Crippen LogP contribution in [-0.4, -0.2) is 68.6 Å². The number of H-pyrrole nitrogens is 1. The van der Waals surface area contributed by atoms with Crippen LogP contribution in [0.2, 0.25) is 0 Å². The number of carboxylic acid groups (broad SMARTS) is 2.